The minimum absolute atomic E-state index is 0.000477. The zero-order valence-electron chi connectivity index (χ0n) is 17.8. The number of carbonyl (C=O) groups excluding carboxylic acids is 3. The normalized spacial score (nSPS) is 14.7. The second-order valence-corrected chi connectivity index (χ2v) is 8.35. The van der Waals surface area contributed by atoms with E-state index < -0.39 is 22.0 Å². The molecule has 0 atom stereocenters. The Morgan fingerprint density at radius 1 is 1.19 bits per heavy atom. The van der Waals surface area contributed by atoms with Crippen LogP contribution < -0.4 is 10.2 Å². The summed E-state index contributed by atoms with van der Waals surface area (Å²) < 4.78 is 0. The van der Waals surface area contributed by atoms with Crippen LogP contribution in [0.4, 0.5) is 16.2 Å². The van der Waals surface area contributed by atoms with Crippen LogP contribution in [0.2, 0.25) is 0 Å². The van der Waals surface area contributed by atoms with Crippen molar-refractivity contribution in [3.05, 3.63) is 74.2 Å². The Morgan fingerprint density at radius 3 is 2.50 bits per heavy atom. The molecular weight excluding hydrogens is 432 g/mol. The van der Waals surface area contributed by atoms with Gasteiger partial charge in [0.1, 0.15) is 5.69 Å². The van der Waals surface area contributed by atoms with Crippen LogP contribution >= 0.6 is 11.8 Å². The first kappa shape index (κ1) is 23.0. The highest BCUT2D eigenvalue weighted by Crippen LogP contribution is 2.32. The van der Waals surface area contributed by atoms with Gasteiger partial charge in [0.25, 0.3) is 22.7 Å². The number of nitro benzene ring substituents is 1. The highest BCUT2D eigenvalue weighted by atomic mass is 32.2. The Morgan fingerprint density at radius 2 is 1.88 bits per heavy atom. The maximum absolute atomic E-state index is 12.6. The van der Waals surface area contributed by atoms with E-state index in [2.05, 4.69) is 5.32 Å². The fourth-order valence-corrected chi connectivity index (χ4v) is 3.94. The fourth-order valence-electron chi connectivity index (χ4n) is 3.08. The Labute approximate surface area is 189 Å². The molecule has 1 aliphatic heterocycles. The number of hydrogen-bond donors (Lipinski definition) is 1. The molecule has 1 aliphatic rings. The first-order valence-corrected chi connectivity index (χ1v) is 10.5. The predicted molar refractivity (Wildman–Crippen MR) is 124 cm³/mol. The van der Waals surface area contributed by atoms with Crippen LogP contribution in [0.25, 0.3) is 6.08 Å². The van der Waals surface area contributed by atoms with E-state index in [0.29, 0.717) is 10.6 Å². The second-order valence-electron chi connectivity index (χ2n) is 7.35. The van der Waals surface area contributed by atoms with Gasteiger partial charge in [-0.3, -0.25) is 29.4 Å². The summed E-state index contributed by atoms with van der Waals surface area (Å²) in [6.45, 7) is 1.98. The van der Waals surface area contributed by atoms with Gasteiger partial charge in [-0.2, -0.15) is 0 Å². The molecule has 1 N–H and O–H groups in total. The third-order valence-corrected chi connectivity index (χ3v) is 5.69. The zero-order chi connectivity index (χ0) is 23.4. The number of thioether (sulfide) groups is 1. The molecule has 0 unspecified atom stereocenters. The summed E-state index contributed by atoms with van der Waals surface area (Å²) in [6, 6.07) is 11.8. The molecule has 32 heavy (non-hydrogen) atoms. The molecule has 1 fully saturated rings. The molecule has 10 heteroatoms. The molecule has 0 spiro atoms. The van der Waals surface area contributed by atoms with E-state index in [1.54, 1.807) is 25.1 Å². The number of anilines is 1. The average Bonchev–Trinajstić information content (AvgIpc) is 3.02. The first-order valence-electron chi connectivity index (χ1n) is 9.73. The maximum atomic E-state index is 12.6. The highest BCUT2D eigenvalue weighted by molar-refractivity contribution is 8.18. The van der Waals surface area contributed by atoms with Crippen LogP contribution in [-0.4, -0.2) is 54.1 Å². The van der Waals surface area contributed by atoms with Crippen molar-refractivity contribution in [2.45, 2.75) is 6.92 Å². The van der Waals surface area contributed by atoms with Gasteiger partial charge < -0.3 is 10.2 Å². The number of aryl methyl sites for hydroxylation is 1. The number of nitrogens with one attached hydrogen (secondary N) is 1. The number of amides is 3. The third-order valence-electron chi connectivity index (χ3n) is 4.79. The van der Waals surface area contributed by atoms with Gasteiger partial charge in [-0.15, -0.1) is 0 Å². The van der Waals surface area contributed by atoms with Gasteiger partial charge in [0.2, 0.25) is 0 Å². The number of rotatable bonds is 7. The van der Waals surface area contributed by atoms with E-state index in [1.807, 2.05) is 31.2 Å². The van der Waals surface area contributed by atoms with Crippen molar-refractivity contribution in [2.75, 3.05) is 32.1 Å². The molecule has 2 aromatic carbocycles. The van der Waals surface area contributed by atoms with E-state index >= 15 is 0 Å². The fraction of sp³-hybridized carbons (Fsp3) is 0.227. The van der Waals surface area contributed by atoms with Gasteiger partial charge in [0, 0.05) is 38.8 Å². The number of nitro groups is 1. The van der Waals surface area contributed by atoms with Gasteiger partial charge in [-0.05, 0) is 42.5 Å². The van der Waals surface area contributed by atoms with E-state index in [-0.39, 0.29) is 24.3 Å². The lowest BCUT2D eigenvalue weighted by molar-refractivity contribution is -0.384. The Kier molecular flexibility index (Phi) is 6.94. The van der Waals surface area contributed by atoms with Crippen LogP contribution in [0.3, 0.4) is 0 Å². The molecular formula is C22H22N4O5S. The van der Waals surface area contributed by atoms with Crippen molar-refractivity contribution < 1.29 is 19.3 Å². The van der Waals surface area contributed by atoms with Gasteiger partial charge in [-0.25, -0.2) is 0 Å². The molecule has 0 saturated carbocycles. The van der Waals surface area contributed by atoms with E-state index in [1.165, 1.54) is 18.2 Å². The lowest BCUT2D eigenvalue weighted by Crippen LogP contribution is -2.37. The van der Waals surface area contributed by atoms with Crippen LogP contribution in [0, 0.1) is 17.0 Å². The zero-order valence-corrected chi connectivity index (χ0v) is 18.6. The molecule has 1 saturated heterocycles. The number of nitrogens with zero attached hydrogens (tertiary/aromatic N) is 3. The molecule has 0 bridgehead atoms. The predicted octanol–water partition coefficient (Wildman–Crippen LogP) is 3.44. The van der Waals surface area contributed by atoms with Crippen LogP contribution in [0.5, 0.6) is 0 Å². The standard InChI is InChI=1S/C22H22N4O5S/c1-14-4-6-15(7-5-14)12-19-21(28)25(22(29)32-19)11-10-23-20(27)16-8-9-17(24(2)3)18(13-16)26(30)31/h4-9,12-13H,10-11H2,1-3H3,(H,23,27)/b19-12-. The Bertz CT molecular complexity index is 1110. The van der Waals surface area contributed by atoms with Gasteiger partial charge in [0.05, 0.1) is 9.83 Å². The SMILES string of the molecule is Cc1ccc(/C=C2\SC(=O)N(CCNC(=O)c3ccc(N(C)C)c([N+](=O)[O-])c3)C2=O)cc1. The quantitative estimate of drug-likeness (QED) is 0.387. The monoisotopic (exact) mass is 454 g/mol. The van der Waals surface area contributed by atoms with Crippen molar-refractivity contribution in [1.29, 1.82) is 0 Å². The maximum Gasteiger partial charge on any atom is 0.293 e. The second kappa shape index (κ2) is 9.65. The molecule has 0 aliphatic carbocycles. The number of benzene rings is 2. The summed E-state index contributed by atoms with van der Waals surface area (Å²) in [5.74, 6) is -0.943. The summed E-state index contributed by atoms with van der Waals surface area (Å²) >= 11 is 0.852. The van der Waals surface area contributed by atoms with Crippen LogP contribution in [-0.2, 0) is 4.79 Å². The van der Waals surface area contributed by atoms with Crippen molar-refractivity contribution in [1.82, 2.24) is 10.2 Å². The lowest BCUT2D eigenvalue weighted by atomic mass is 10.1. The summed E-state index contributed by atoms with van der Waals surface area (Å²) in [4.78, 5) is 51.0. The minimum Gasteiger partial charge on any atom is -0.372 e. The molecule has 9 nitrogen and oxygen atoms in total. The Balaban J connectivity index is 1.62. The molecule has 3 rings (SSSR count). The van der Waals surface area contributed by atoms with Crippen molar-refractivity contribution in [3.63, 3.8) is 0 Å². The summed E-state index contributed by atoms with van der Waals surface area (Å²) in [7, 11) is 3.34. The van der Waals surface area contributed by atoms with Gasteiger partial charge in [-0.1, -0.05) is 29.8 Å². The smallest absolute Gasteiger partial charge is 0.293 e. The molecule has 166 valence electrons. The molecule has 1 heterocycles. The Hall–Kier alpha value is -3.66. The summed E-state index contributed by atoms with van der Waals surface area (Å²) in [5, 5.41) is 13.5. The van der Waals surface area contributed by atoms with Crippen LogP contribution in [0.1, 0.15) is 21.5 Å². The van der Waals surface area contributed by atoms with Crippen molar-refractivity contribution >= 4 is 46.3 Å². The largest absolute Gasteiger partial charge is 0.372 e. The van der Waals surface area contributed by atoms with Gasteiger partial charge >= 0.3 is 0 Å². The molecule has 3 amide bonds. The minimum atomic E-state index is -0.549. The molecule has 0 aromatic heterocycles. The highest BCUT2D eigenvalue weighted by Gasteiger charge is 2.34. The van der Waals surface area contributed by atoms with E-state index in [4.69, 9.17) is 0 Å². The summed E-state index contributed by atoms with van der Waals surface area (Å²) in [6.07, 6.45) is 1.66. The van der Waals surface area contributed by atoms with E-state index in [9.17, 15) is 24.5 Å². The van der Waals surface area contributed by atoms with Crippen LogP contribution in [0.15, 0.2) is 47.4 Å². The first-order chi connectivity index (χ1) is 15.2. The molecule has 2 aromatic rings. The average molecular weight is 455 g/mol. The summed E-state index contributed by atoms with van der Waals surface area (Å²) in [5.41, 5.74) is 2.22. The number of carbonyl (C=O) groups is 3. The third kappa shape index (κ3) is 5.14. The van der Waals surface area contributed by atoms with E-state index in [0.717, 1.165) is 27.8 Å². The number of hydrogen-bond acceptors (Lipinski definition) is 7. The number of imide groups is 1. The van der Waals surface area contributed by atoms with Crippen molar-refractivity contribution in [3.8, 4) is 0 Å². The van der Waals surface area contributed by atoms with Gasteiger partial charge in [0.15, 0.2) is 0 Å². The topological polar surface area (TPSA) is 113 Å². The molecule has 0 radical (unpaired) electrons. The lowest BCUT2D eigenvalue weighted by Gasteiger charge is -2.14. The van der Waals surface area contributed by atoms with Crippen molar-refractivity contribution in [2.24, 2.45) is 0 Å².